The van der Waals surface area contributed by atoms with E-state index in [0.29, 0.717) is 11.5 Å². The molecule has 4 heteroatoms. The first-order chi connectivity index (χ1) is 10.0. The molecule has 0 spiro atoms. The Balaban J connectivity index is 1.95. The molecule has 4 nitrogen and oxygen atoms in total. The number of aryl methyl sites for hydroxylation is 1. The van der Waals surface area contributed by atoms with Gasteiger partial charge in [-0.15, -0.1) is 0 Å². The maximum Gasteiger partial charge on any atom is 0.307 e. The summed E-state index contributed by atoms with van der Waals surface area (Å²) in [5.41, 5.74) is 1.18. The molecule has 0 aromatic heterocycles. The van der Waals surface area contributed by atoms with E-state index in [4.69, 9.17) is 14.6 Å². The fourth-order valence-electron chi connectivity index (χ4n) is 1.85. The Morgan fingerprint density at radius 1 is 1.00 bits per heavy atom. The van der Waals surface area contributed by atoms with Crippen LogP contribution in [0.5, 0.6) is 17.2 Å². The van der Waals surface area contributed by atoms with Gasteiger partial charge in [0.2, 0.25) is 0 Å². The van der Waals surface area contributed by atoms with E-state index in [0.717, 1.165) is 5.75 Å². The molecule has 0 saturated heterocycles. The summed E-state index contributed by atoms with van der Waals surface area (Å²) in [5.74, 6) is 1.23. The Morgan fingerprint density at radius 2 is 1.48 bits per heavy atom. The maximum absolute atomic E-state index is 10.6. The number of benzene rings is 2. The third-order valence-electron chi connectivity index (χ3n) is 2.88. The molecule has 21 heavy (non-hydrogen) atoms. The normalized spacial score (nSPS) is 11.7. The van der Waals surface area contributed by atoms with Gasteiger partial charge in [-0.3, -0.25) is 4.79 Å². The molecule has 1 atom stereocenters. The first-order valence-electron chi connectivity index (χ1n) is 6.76. The van der Waals surface area contributed by atoms with Gasteiger partial charge in [-0.1, -0.05) is 17.7 Å². The summed E-state index contributed by atoms with van der Waals surface area (Å²) in [6.45, 7) is 3.75. The van der Waals surface area contributed by atoms with Crippen LogP contribution in [0.2, 0.25) is 0 Å². The highest BCUT2D eigenvalue weighted by Crippen LogP contribution is 2.24. The number of carboxylic acid groups (broad SMARTS) is 1. The number of rotatable bonds is 6. The maximum atomic E-state index is 10.6. The van der Waals surface area contributed by atoms with Gasteiger partial charge in [-0.2, -0.15) is 0 Å². The highest BCUT2D eigenvalue weighted by Gasteiger charge is 2.09. The summed E-state index contributed by atoms with van der Waals surface area (Å²) < 4.78 is 11.2. The van der Waals surface area contributed by atoms with Crippen LogP contribution in [0.1, 0.15) is 18.9 Å². The van der Waals surface area contributed by atoms with Crippen molar-refractivity contribution < 1.29 is 19.4 Å². The lowest BCUT2D eigenvalue weighted by atomic mass is 10.2. The minimum atomic E-state index is -0.873. The van der Waals surface area contributed by atoms with Crippen LogP contribution in [-0.4, -0.2) is 17.2 Å². The quantitative estimate of drug-likeness (QED) is 0.871. The second kappa shape index (κ2) is 6.79. The van der Waals surface area contributed by atoms with E-state index in [9.17, 15) is 4.79 Å². The number of aliphatic carboxylic acids is 1. The molecule has 0 saturated carbocycles. The van der Waals surface area contributed by atoms with Crippen molar-refractivity contribution >= 4 is 5.97 Å². The SMILES string of the molecule is Cc1ccc(Oc2ccc(O[C@@H](C)CC(=O)O)cc2)cc1. The van der Waals surface area contributed by atoms with Gasteiger partial charge in [0.05, 0.1) is 6.42 Å². The van der Waals surface area contributed by atoms with Gasteiger partial charge in [-0.05, 0) is 50.2 Å². The Hall–Kier alpha value is -2.49. The zero-order chi connectivity index (χ0) is 15.2. The fourth-order valence-corrected chi connectivity index (χ4v) is 1.85. The van der Waals surface area contributed by atoms with E-state index >= 15 is 0 Å². The van der Waals surface area contributed by atoms with E-state index in [1.54, 1.807) is 31.2 Å². The van der Waals surface area contributed by atoms with Crippen LogP contribution in [0.4, 0.5) is 0 Å². The van der Waals surface area contributed by atoms with Crippen LogP contribution in [0, 0.1) is 6.92 Å². The second-order valence-electron chi connectivity index (χ2n) is 4.91. The number of carboxylic acids is 1. The molecule has 0 fully saturated rings. The van der Waals surface area contributed by atoms with Crippen LogP contribution in [0.3, 0.4) is 0 Å². The lowest BCUT2D eigenvalue weighted by molar-refractivity contribution is -0.138. The smallest absolute Gasteiger partial charge is 0.307 e. The van der Waals surface area contributed by atoms with Crippen molar-refractivity contribution in [1.29, 1.82) is 0 Å². The fraction of sp³-hybridized carbons (Fsp3) is 0.235. The monoisotopic (exact) mass is 286 g/mol. The zero-order valence-corrected chi connectivity index (χ0v) is 12.1. The zero-order valence-electron chi connectivity index (χ0n) is 12.1. The molecule has 2 rings (SSSR count). The highest BCUT2D eigenvalue weighted by molar-refractivity contribution is 5.67. The van der Waals surface area contributed by atoms with E-state index < -0.39 is 5.97 Å². The largest absolute Gasteiger partial charge is 0.490 e. The molecule has 0 amide bonds. The van der Waals surface area contributed by atoms with Gasteiger partial charge >= 0.3 is 5.97 Å². The van der Waals surface area contributed by atoms with Gasteiger partial charge in [0.25, 0.3) is 0 Å². The number of carbonyl (C=O) groups is 1. The third-order valence-corrected chi connectivity index (χ3v) is 2.88. The molecule has 0 heterocycles. The van der Waals surface area contributed by atoms with E-state index in [1.807, 2.05) is 31.2 Å². The lowest BCUT2D eigenvalue weighted by Gasteiger charge is -2.13. The predicted octanol–water partition coefficient (Wildman–Crippen LogP) is 4.03. The molecular formula is C17H18O4. The molecule has 0 aliphatic rings. The third kappa shape index (κ3) is 4.84. The van der Waals surface area contributed by atoms with Crippen molar-refractivity contribution in [3.8, 4) is 17.2 Å². The van der Waals surface area contributed by atoms with Crippen LogP contribution < -0.4 is 9.47 Å². The Bertz CT molecular complexity index is 587. The summed E-state index contributed by atoms with van der Waals surface area (Å²) in [7, 11) is 0. The molecule has 2 aromatic carbocycles. The molecular weight excluding hydrogens is 268 g/mol. The van der Waals surface area contributed by atoms with E-state index in [1.165, 1.54) is 5.56 Å². The van der Waals surface area contributed by atoms with Crippen LogP contribution in [0.15, 0.2) is 48.5 Å². The van der Waals surface area contributed by atoms with Crippen molar-refractivity contribution in [3.63, 3.8) is 0 Å². The van der Waals surface area contributed by atoms with Crippen molar-refractivity contribution in [2.75, 3.05) is 0 Å². The van der Waals surface area contributed by atoms with Crippen molar-refractivity contribution in [1.82, 2.24) is 0 Å². The number of hydrogen-bond donors (Lipinski definition) is 1. The first kappa shape index (κ1) is 14.9. The molecule has 0 bridgehead atoms. The average Bonchev–Trinajstić information content (AvgIpc) is 2.42. The summed E-state index contributed by atoms with van der Waals surface area (Å²) in [4.78, 5) is 10.6. The second-order valence-corrected chi connectivity index (χ2v) is 4.91. The highest BCUT2D eigenvalue weighted by atomic mass is 16.5. The Morgan fingerprint density at radius 3 is 2.00 bits per heavy atom. The summed E-state index contributed by atoms with van der Waals surface area (Å²) in [5, 5.41) is 8.69. The van der Waals surface area contributed by atoms with Gasteiger partial charge in [0.1, 0.15) is 23.4 Å². The number of hydrogen-bond acceptors (Lipinski definition) is 3. The summed E-state index contributed by atoms with van der Waals surface area (Å²) in [6.07, 6.45) is -0.395. The standard InChI is InChI=1S/C17H18O4/c1-12-3-5-15(6-4-12)21-16-9-7-14(8-10-16)20-13(2)11-17(18)19/h3-10,13H,11H2,1-2H3,(H,18,19)/t13-/m0/s1. The van der Waals surface area contributed by atoms with Gasteiger partial charge < -0.3 is 14.6 Å². The molecule has 2 aromatic rings. The predicted molar refractivity (Wildman–Crippen MR) is 80.0 cm³/mol. The van der Waals surface area contributed by atoms with Gasteiger partial charge in [0.15, 0.2) is 0 Å². The van der Waals surface area contributed by atoms with E-state index in [-0.39, 0.29) is 12.5 Å². The van der Waals surface area contributed by atoms with Gasteiger partial charge in [0, 0.05) is 0 Å². The van der Waals surface area contributed by atoms with Crippen molar-refractivity contribution in [2.45, 2.75) is 26.4 Å². The molecule has 0 aliphatic carbocycles. The summed E-state index contributed by atoms with van der Waals surface area (Å²) >= 11 is 0. The molecule has 0 radical (unpaired) electrons. The molecule has 110 valence electrons. The van der Waals surface area contributed by atoms with Crippen LogP contribution in [0.25, 0.3) is 0 Å². The minimum absolute atomic E-state index is 0.0262. The van der Waals surface area contributed by atoms with Crippen LogP contribution >= 0.6 is 0 Å². The van der Waals surface area contributed by atoms with Crippen molar-refractivity contribution in [3.05, 3.63) is 54.1 Å². The molecule has 0 unspecified atom stereocenters. The first-order valence-corrected chi connectivity index (χ1v) is 6.76. The Kier molecular flexibility index (Phi) is 4.82. The number of ether oxygens (including phenoxy) is 2. The molecule has 1 N–H and O–H groups in total. The van der Waals surface area contributed by atoms with Crippen molar-refractivity contribution in [2.24, 2.45) is 0 Å². The minimum Gasteiger partial charge on any atom is -0.490 e. The molecule has 0 aliphatic heterocycles. The lowest BCUT2D eigenvalue weighted by Crippen LogP contribution is -2.16. The van der Waals surface area contributed by atoms with E-state index in [2.05, 4.69) is 0 Å². The van der Waals surface area contributed by atoms with Gasteiger partial charge in [-0.25, -0.2) is 0 Å². The average molecular weight is 286 g/mol. The Labute approximate surface area is 123 Å². The van der Waals surface area contributed by atoms with Crippen LogP contribution in [-0.2, 0) is 4.79 Å². The topological polar surface area (TPSA) is 55.8 Å². The summed E-state index contributed by atoms with van der Waals surface area (Å²) in [6, 6.07) is 14.9.